The number of ether oxygens (including phenoxy) is 1. The molecule has 156 valence electrons. The lowest BCUT2D eigenvalue weighted by molar-refractivity contribution is -0.138. The highest BCUT2D eigenvalue weighted by Crippen LogP contribution is 2.51. The van der Waals surface area contributed by atoms with Crippen molar-refractivity contribution in [2.24, 2.45) is 11.8 Å². The minimum atomic E-state index is -0.852. The molecule has 3 aromatic rings. The summed E-state index contributed by atoms with van der Waals surface area (Å²) in [5, 5.41) is 10.6. The summed E-state index contributed by atoms with van der Waals surface area (Å²) < 4.78 is 7.63. The maximum absolute atomic E-state index is 10.8. The number of hydrogen-bond donors (Lipinski definition) is 1. The van der Waals surface area contributed by atoms with Gasteiger partial charge in [-0.3, -0.25) is 4.79 Å². The van der Waals surface area contributed by atoms with Gasteiger partial charge in [-0.1, -0.05) is 23.2 Å². The monoisotopic (exact) mass is 446 g/mol. The van der Waals surface area contributed by atoms with Crippen molar-refractivity contribution >= 4 is 45.9 Å². The van der Waals surface area contributed by atoms with Gasteiger partial charge in [-0.05, 0) is 30.4 Å². The second kappa shape index (κ2) is 7.72. The standard InChI is InChI=1S/C21H20Cl2N4O3/c22-15-2-1-13-16(26-5-4-24-11-26)8-18(25-21(13)20(15)23)27-9-12-7-14(12)17(27)10-30-6-3-19(28)29/h1-2,4-5,8,11-12,14,17H,3,6-7,9-10H2,(H,28,29)/t12?,14-,17-/m1/s1. The number of nitrogens with zero attached hydrogens (tertiary/aromatic N) is 4. The van der Waals surface area contributed by atoms with Gasteiger partial charge in [0.2, 0.25) is 0 Å². The van der Waals surface area contributed by atoms with Crippen LogP contribution in [0, 0.1) is 11.8 Å². The highest BCUT2D eigenvalue weighted by atomic mass is 35.5. The first kappa shape index (κ1) is 19.6. The van der Waals surface area contributed by atoms with Crippen LogP contribution < -0.4 is 4.90 Å². The van der Waals surface area contributed by atoms with E-state index >= 15 is 0 Å². The van der Waals surface area contributed by atoms with Gasteiger partial charge in [-0.25, -0.2) is 9.97 Å². The van der Waals surface area contributed by atoms with E-state index in [1.165, 1.54) is 6.42 Å². The van der Waals surface area contributed by atoms with Gasteiger partial charge in [0.05, 0.1) is 53.3 Å². The number of piperidine rings is 1. The molecule has 30 heavy (non-hydrogen) atoms. The van der Waals surface area contributed by atoms with Crippen molar-refractivity contribution in [1.29, 1.82) is 0 Å². The topological polar surface area (TPSA) is 80.5 Å². The van der Waals surface area contributed by atoms with Gasteiger partial charge in [-0.2, -0.15) is 0 Å². The second-order valence-corrected chi connectivity index (χ2v) is 8.61. The van der Waals surface area contributed by atoms with Crippen molar-refractivity contribution < 1.29 is 14.6 Å². The molecule has 1 aliphatic carbocycles. The average Bonchev–Trinajstić information content (AvgIpc) is 3.13. The van der Waals surface area contributed by atoms with E-state index < -0.39 is 5.97 Å². The molecule has 0 amide bonds. The molecule has 9 heteroatoms. The van der Waals surface area contributed by atoms with Crippen molar-refractivity contribution in [3.8, 4) is 5.69 Å². The Hall–Kier alpha value is -2.35. The third-order valence-electron chi connectivity index (χ3n) is 5.97. The van der Waals surface area contributed by atoms with Crippen LogP contribution in [0.4, 0.5) is 5.82 Å². The zero-order valence-electron chi connectivity index (χ0n) is 16.0. The number of imidazole rings is 1. The molecule has 1 unspecified atom stereocenters. The van der Waals surface area contributed by atoms with Crippen LogP contribution in [-0.2, 0) is 9.53 Å². The molecule has 3 heterocycles. The number of aromatic nitrogens is 3. The van der Waals surface area contributed by atoms with E-state index in [4.69, 9.17) is 38.0 Å². The SMILES string of the molecule is O=C(O)CCOC[C@@H]1[C@@H]2CC2CN1c1cc(-n2ccnc2)c2ccc(Cl)c(Cl)c2n1. The van der Waals surface area contributed by atoms with E-state index in [0.29, 0.717) is 34.0 Å². The molecule has 1 saturated carbocycles. The minimum Gasteiger partial charge on any atom is -0.481 e. The van der Waals surface area contributed by atoms with Crippen LogP contribution in [0.2, 0.25) is 10.0 Å². The van der Waals surface area contributed by atoms with Crippen LogP contribution in [0.1, 0.15) is 12.8 Å². The van der Waals surface area contributed by atoms with Gasteiger partial charge >= 0.3 is 5.97 Å². The molecular formula is C21H20Cl2N4O3. The predicted molar refractivity (Wildman–Crippen MR) is 115 cm³/mol. The predicted octanol–water partition coefficient (Wildman–Crippen LogP) is 4.04. The summed E-state index contributed by atoms with van der Waals surface area (Å²) in [6.45, 7) is 1.60. The van der Waals surface area contributed by atoms with Crippen LogP contribution >= 0.6 is 23.2 Å². The number of carbonyl (C=O) groups is 1. The number of anilines is 1. The summed E-state index contributed by atoms with van der Waals surface area (Å²) in [5.74, 6) is 1.14. The smallest absolute Gasteiger partial charge is 0.305 e. The minimum absolute atomic E-state index is 0.00786. The number of halogens is 2. The second-order valence-electron chi connectivity index (χ2n) is 7.83. The number of pyridine rings is 1. The molecule has 5 rings (SSSR count). The number of carboxylic acid groups (broad SMARTS) is 1. The van der Waals surface area contributed by atoms with Crippen molar-refractivity contribution in [2.45, 2.75) is 18.9 Å². The number of benzene rings is 1. The van der Waals surface area contributed by atoms with Gasteiger partial charge in [0, 0.05) is 30.4 Å². The fourth-order valence-corrected chi connectivity index (χ4v) is 4.74. The zero-order chi connectivity index (χ0) is 20.8. The number of rotatable bonds is 7. The van der Waals surface area contributed by atoms with Gasteiger partial charge in [0.25, 0.3) is 0 Å². The molecule has 2 aromatic heterocycles. The van der Waals surface area contributed by atoms with Crippen LogP contribution in [0.3, 0.4) is 0 Å². The number of aliphatic carboxylic acids is 1. The van der Waals surface area contributed by atoms with Crippen molar-refractivity contribution in [3.05, 3.63) is 47.0 Å². The Bertz CT molecular complexity index is 1110. The molecule has 2 aliphatic rings. The summed E-state index contributed by atoms with van der Waals surface area (Å²) in [6, 6.07) is 5.91. The van der Waals surface area contributed by atoms with Crippen molar-refractivity contribution in [2.75, 3.05) is 24.7 Å². The van der Waals surface area contributed by atoms with Crippen molar-refractivity contribution in [3.63, 3.8) is 0 Å². The highest BCUT2D eigenvalue weighted by Gasteiger charge is 2.53. The van der Waals surface area contributed by atoms with Crippen LogP contribution in [0.15, 0.2) is 36.9 Å². The van der Waals surface area contributed by atoms with Crippen LogP contribution in [0.5, 0.6) is 0 Å². The normalized spacial score (nSPS) is 22.5. The Morgan fingerprint density at radius 3 is 2.97 bits per heavy atom. The van der Waals surface area contributed by atoms with E-state index in [0.717, 1.165) is 23.4 Å². The molecular weight excluding hydrogens is 427 g/mol. The fourth-order valence-electron chi connectivity index (χ4n) is 4.38. The average molecular weight is 447 g/mol. The van der Waals surface area contributed by atoms with E-state index in [1.54, 1.807) is 18.6 Å². The first-order valence-electron chi connectivity index (χ1n) is 9.86. The third kappa shape index (κ3) is 3.51. The molecule has 1 aliphatic heterocycles. The Morgan fingerprint density at radius 2 is 2.20 bits per heavy atom. The molecule has 0 spiro atoms. The molecule has 0 bridgehead atoms. The zero-order valence-corrected chi connectivity index (χ0v) is 17.6. The maximum Gasteiger partial charge on any atom is 0.305 e. The Morgan fingerprint density at radius 1 is 1.33 bits per heavy atom. The first-order valence-corrected chi connectivity index (χ1v) is 10.6. The Kier molecular flexibility index (Phi) is 5.05. The van der Waals surface area contributed by atoms with Crippen LogP contribution in [-0.4, -0.2) is 51.4 Å². The summed E-state index contributed by atoms with van der Waals surface area (Å²) in [4.78, 5) is 22.1. The molecule has 7 nitrogen and oxygen atoms in total. The third-order valence-corrected chi connectivity index (χ3v) is 6.76. The van der Waals surface area contributed by atoms with Gasteiger partial charge in [0.15, 0.2) is 0 Å². The summed E-state index contributed by atoms with van der Waals surface area (Å²) in [5.41, 5.74) is 1.58. The van der Waals surface area contributed by atoms with Gasteiger partial charge in [0.1, 0.15) is 5.82 Å². The number of fused-ring (bicyclic) bond motifs is 2. The largest absolute Gasteiger partial charge is 0.481 e. The lowest BCUT2D eigenvalue weighted by Gasteiger charge is -2.29. The Labute approximate surface area is 183 Å². The van der Waals surface area contributed by atoms with Gasteiger partial charge < -0.3 is 19.3 Å². The highest BCUT2D eigenvalue weighted by molar-refractivity contribution is 6.45. The van der Waals surface area contributed by atoms with Crippen LogP contribution in [0.25, 0.3) is 16.6 Å². The Balaban J connectivity index is 1.52. The summed E-state index contributed by atoms with van der Waals surface area (Å²) >= 11 is 12.8. The molecule has 2 fully saturated rings. The van der Waals surface area contributed by atoms with E-state index in [-0.39, 0.29) is 19.1 Å². The fraction of sp³-hybridized carbons (Fsp3) is 0.381. The van der Waals surface area contributed by atoms with E-state index in [1.807, 2.05) is 22.9 Å². The molecule has 3 atom stereocenters. The molecule has 1 aromatic carbocycles. The van der Waals surface area contributed by atoms with Crippen molar-refractivity contribution in [1.82, 2.24) is 14.5 Å². The first-order chi connectivity index (χ1) is 14.5. The van der Waals surface area contributed by atoms with E-state index in [2.05, 4.69) is 9.88 Å². The number of hydrogen-bond acceptors (Lipinski definition) is 5. The molecule has 1 saturated heterocycles. The summed E-state index contributed by atoms with van der Waals surface area (Å²) in [7, 11) is 0. The quantitative estimate of drug-likeness (QED) is 0.551. The lowest BCUT2D eigenvalue weighted by Crippen LogP contribution is -2.37. The maximum atomic E-state index is 10.8. The molecule has 0 radical (unpaired) electrons. The lowest BCUT2D eigenvalue weighted by atomic mass is 10.1. The molecule has 1 N–H and O–H groups in total. The van der Waals surface area contributed by atoms with Gasteiger partial charge in [-0.15, -0.1) is 0 Å². The summed E-state index contributed by atoms with van der Waals surface area (Å²) in [6.07, 6.45) is 6.55. The van der Waals surface area contributed by atoms with E-state index in [9.17, 15) is 4.79 Å². The number of carboxylic acids is 1.